The molecule has 0 radical (unpaired) electrons. The van der Waals surface area contributed by atoms with E-state index in [2.05, 4.69) is 235 Å². The zero-order valence-electron chi connectivity index (χ0n) is 39.4. The predicted molar refractivity (Wildman–Crippen MR) is 286 cm³/mol. The Hall–Kier alpha value is -4.62. The van der Waals surface area contributed by atoms with Crippen LogP contribution in [-0.2, 0) is 19.5 Å². The largest absolute Gasteiger partial charge is 2.00 e. The second-order valence-electron chi connectivity index (χ2n) is 18.9. The van der Waals surface area contributed by atoms with Crippen LogP contribution < -0.4 is 20.4 Å². The Kier molecular flexibility index (Phi) is 14.4. The van der Waals surface area contributed by atoms with Crippen LogP contribution in [0.25, 0.3) is 5.57 Å². The van der Waals surface area contributed by atoms with Crippen LogP contribution in [0.1, 0.15) is 118 Å². The molecule has 1 saturated heterocycles. The molecule has 0 spiro atoms. The van der Waals surface area contributed by atoms with Crippen molar-refractivity contribution in [3.63, 3.8) is 0 Å². The number of hydrogen-bond acceptors (Lipinski definition) is 2. The van der Waals surface area contributed by atoms with Crippen LogP contribution in [0, 0.1) is 0 Å². The van der Waals surface area contributed by atoms with Gasteiger partial charge in [0.2, 0.25) is 0 Å². The van der Waals surface area contributed by atoms with E-state index in [-0.39, 0.29) is 25.1 Å². The average molecular weight is 1010 g/mol. The Morgan fingerprint density at radius 1 is 0.500 bits per heavy atom. The van der Waals surface area contributed by atoms with Crippen molar-refractivity contribution in [3.05, 3.63) is 230 Å². The summed E-state index contributed by atoms with van der Waals surface area (Å²) in [7, 11) is 0. The second kappa shape index (κ2) is 19.9. The minimum atomic E-state index is -2.78. The number of para-hydroxylation sites is 2. The molecule has 2 aliphatic carbocycles. The van der Waals surface area contributed by atoms with Crippen molar-refractivity contribution >= 4 is 62.9 Å². The van der Waals surface area contributed by atoms with Crippen LogP contribution >= 0.6 is 30.1 Å². The van der Waals surface area contributed by atoms with Gasteiger partial charge in [0.1, 0.15) is 5.82 Å². The summed E-state index contributed by atoms with van der Waals surface area (Å²) in [6.07, 6.45) is 7.03. The molecule has 0 amide bonds. The summed E-state index contributed by atoms with van der Waals surface area (Å²) < 4.78 is 0. The average Bonchev–Trinajstić information content (AvgIpc) is 3.93. The maximum absolute atomic E-state index is 8.11. The number of halogens is 2. The Bertz CT molecular complexity index is 2760. The van der Waals surface area contributed by atoms with E-state index in [4.69, 9.17) is 23.2 Å². The zero-order valence-corrected chi connectivity index (χ0v) is 43.6. The molecule has 6 aromatic rings. The number of hydrogen-bond donors (Lipinski definition) is 0. The van der Waals surface area contributed by atoms with Gasteiger partial charge in [-0.2, -0.15) is 0 Å². The van der Waals surface area contributed by atoms with Crippen molar-refractivity contribution in [2.75, 3.05) is 22.9 Å². The SMILES string of the molecule is CC(C)c1cccc(C(C)C)c1N1CCN(c2c(C(C)C)cccc2C(C)C)C1=C1C(Cl)=C(Cl)C=CC1P(=C1C=C(c2ccccc2)c2ccccc21)(c1ccccc1)c1ccccc1.[Ru+2]. The van der Waals surface area contributed by atoms with Crippen molar-refractivity contribution in [3.8, 4) is 0 Å². The molecule has 0 N–H and O–H groups in total. The number of nitrogens with zero attached hydrogens (tertiary/aromatic N) is 2. The summed E-state index contributed by atoms with van der Waals surface area (Å²) >= 11 is 15.6. The molecule has 1 aliphatic heterocycles. The maximum Gasteiger partial charge on any atom is 2.00 e. The number of rotatable bonds is 10. The van der Waals surface area contributed by atoms with E-state index in [1.807, 2.05) is 0 Å². The molecule has 2 nitrogen and oxygen atoms in total. The van der Waals surface area contributed by atoms with E-state index in [9.17, 15) is 0 Å². The summed E-state index contributed by atoms with van der Waals surface area (Å²) in [5.74, 6) is 2.30. The first-order chi connectivity index (χ1) is 31.4. The van der Waals surface area contributed by atoms with Crippen molar-refractivity contribution in [1.82, 2.24) is 0 Å². The third kappa shape index (κ3) is 8.28. The maximum atomic E-state index is 8.11. The molecule has 66 heavy (non-hydrogen) atoms. The Morgan fingerprint density at radius 2 is 0.909 bits per heavy atom. The van der Waals surface area contributed by atoms with Gasteiger partial charge < -0.3 is 9.80 Å². The van der Waals surface area contributed by atoms with Gasteiger partial charge in [0.25, 0.3) is 0 Å². The van der Waals surface area contributed by atoms with Crippen molar-refractivity contribution in [2.45, 2.75) is 84.7 Å². The van der Waals surface area contributed by atoms with Gasteiger partial charge in [-0.25, -0.2) is 0 Å². The summed E-state index contributed by atoms with van der Waals surface area (Å²) in [5, 5.41) is 5.11. The van der Waals surface area contributed by atoms with Gasteiger partial charge in [-0.15, -0.1) is 0 Å². The molecule has 0 bridgehead atoms. The standard InChI is InChI=1S/C60H61Cl2N2P.Ru/c1-39(2)46-30-20-31-47(40(3)4)58(46)63-36-37-64(59-48(41(5)6)32-21-33-49(59)42(7)8)60(63)56-54(35-34-53(61)57(56)62)65(44-24-14-10-15-25-44,45-26-16-11-17-27-45)55-38-52(43-22-12-9-13-23-43)50-28-18-19-29-51(50)55;/h9-35,38-42,54H,36-37H2,1-8H3;/q;+2. The zero-order chi connectivity index (χ0) is 45.6. The van der Waals surface area contributed by atoms with E-state index in [1.54, 1.807) is 0 Å². The van der Waals surface area contributed by atoms with Crippen LogP contribution in [0.5, 0.6) is 0 Å². The quantitative estimate of drug-likeness (QED) is 0.0997. The number of benzene rings is 6. The van der Waals surface area contributed by atoms with Gasteiger partial charge in [-0.3, -0.25) is 0 Å². The van der Waals surface area contributed by atoms with E-state index in [1.165, 1.54) is 71.8 Å². The van der Waals surface area contributed by atoms with Gasteiger partial charge >= 0.3 is 19.5 Å². The van der Waals surface area contributed by atoms with Crippen LogP contribution in [0.4, 0.5) is 11.4 Å². The summed E-state index contributed by atoms with van der Waals surface area (Å²) in [6, 6.07) is 56.4. The molecular weight excluding hydrogens is 952 g/mol. The Balaban J connectivity index is 0.00000592. The summed E-state index contributed by atoms with van der Waals surface area (Å²) in [4.78, 5) is 5.31. The van der Waals surface area contributed by atoms with Gasteiger partial charge in [-0.1, -0.05) is 236 Å². The predicted octanol–water partition coefficient (Wildman–Crippen LogP) is 15.7. The van der Waals surface area contributed by atoms with Gasteiger partial charge in [0.05, 0.1) is 10.1 Å². The molecular formula is C60H61Cl2N2PRu+2. The molecule has 1 unspecified atom stereocenters. The third-order valence-corrected chi connectivity index (χ3v) is 19.1. The van der Waals surface area contributed by atoms with Crippen LogP contribution in [0.2, 0.25) is 0 Å². The number of anilines is 2. The minimum absolute atomic E-state index is 0. The minimum Gasteiger partial charge on any atom is -0.325 e. The first-order valence-electron chi connectivity index (χ1n) is 23.5. The van der Waals surface area contributed by atoms with E-state index < -0.39 is 6.89 Å². The van der Waals surface area contributed by atoms with Gasteiger partial charge in [0.15, 0.2) is 0 Å². The van der Waals surface area contributed by atoms with Gasteiger partial charge in [0, 0.05) is 35.7 Å². The van der Waals surface area contributed by atoms with Crippen LogP contribution in [-0.4, -0.2) is 24.0 Å². The fraction of sp³-hybridized carbons (Fsp3) is 0.250. The molecule has 0 saturated carbocycles. The summed E-state index contributed by atoms with van der Waals surface area (Å²) in [6.45, 7) is 17.4. The monoisotopic (exact) mass is 1010 g/mol. The molecule has 9 rings (SSSR count). The molecule has 6 aromatic carbocycles. The molecule has 336 valence electrons. The number of fused-ring (bicyclic) bond motifs is 1. The molecule has 6 heteroatoms. The summed E-state index contributed by atoms with van der Waals surface area (Å²) in [5.41, 5.74) is 13.8. The van der Waals surface area contributed by atoms with Crippen molar-refractivity contribution in [2.24, 2.45) is 0 Å². The fourth-order valence-corrected chi connectivity index (χ4v) is 16.2. The van der Waals surface area contributed by atoms with Crippen molar-refractivity contribution < 1.29 is 19.5 Å². The topological polar surface area (TPSA) is 6.48 Å². The fourth-order valence-electron chi connectivity index (χ4n) is 10.7. The van der Waals surface area contributed by atoms with Crippen molar-refractivity contribution in [1.29, 1.82) is 0 Å². The Morgan fingerprint density at radius 3 is 1.35 bits per heavy atom. The third-order valence-electron chi connectivity index (χ3n) is 13.7. The Labute approximate surface area is 417 Å². The number of allylic oxidation sites excluding steroid dienone is 6. The van der Waals surface area contributed by atoms with Crippen LogP contribution in [0.15, 0.2) is 191 Å². The molecule has 0 aromatic heterocycles. The smallest absolute Gasteiger partial charge is 0.325 e. The van der Waals surface area contributed by atoms with Crippen LogP contribution in [0.3, 0.4) is 0 Å². The first kappa shape index (κ1) is 47.9. The molecule has 3 aliphatic rings. The molecule has 1 heterocycles. The van der Waals surface area contributed by atoms with E-state index >= 15 is 0 Å². The van der Waals surface area contributed by atoms with Gasteiger partial charge in [-0.05, 0) is 103 Å². The van der Waals surface area contributed by atoms with E-state index in [0.717, 1.165) is 24.5 Å². The van der Waals surface area contributed by atoms with E-state index in [0.29, 0.717) is 33.7 Å². The second-order valence-corrected chi connectivity index (χ2v) is 23.2. The normalized spacial score (nSPS) is 16.3. The molecule has 1 atom stereocenters. The first-order valence-corrected chi connectivity index (χ1v) is 26.1. The molecule has 1 fully saturated rings.